The van der Waals surface area contributed by atoms with Gasteiger partial charge in [-0.05, 0) is 29.5 Å². The SMILES string of the molecule is COC(=O)CCc1cc(C)c2cccc(C(C)(C)C)c2n1. The Kier molecular flexibility index (Phi) is 4.31. The Balaban J connectivity index is 2.49. The van der Waals surface area contributed by atoms with Gasteiger partial charge in [0.2, 0.25) is 0 Å². The molecule has 0 N–H and O–H groups in total. The van der Waals surface area contributed by atoms with E-state index in [-0.39, 0.29) is 11.4 Å². The fourth-order valence-electron chi connectivity index (χ4n) is 2.55. The molecule has 0 atom stereocenters. The summed E-state index contributed by atoms with van der Waals surface area (Å²) in [7, 11) is 1.42. The van der Waals surface area contributed by atoms with Gasteiger partial charge in [0.1, 0.15) is 0 Å². The molecule has 0 radical (unpaired) electrons. The highest BCUT2D eigenvalue weighted by molar-refractivity contribution is 5.86. The predicted octanol–water partition coefficient (Wildman–Crippen LogP) is 3.95. The van der Waals surface area contributed by atoms with Gasteiger partial charge in [-0.25, -0.2) is 0 Å². The molecule has 0 fully saturated rings. The third kappa shape index (κ3) is 3.41. The second kappa shape index (κ2) is 5.84. The minimum absolute atomic E-state index is 0.0416. The van der Waals surface area contributed by atoms with Gasteiger partial charge in [-0.3, -0.25) is 9.78 Å². The van der Waals surface area contributed by atoms with Gasteiger partial charge in [-0.2, -0.15) is 0 Å². The molecule has 0 amide bonds. The molecular weight excluding hydrogens is 262 g/mol. The molecule has 2 rings (SSSR count). The lowest BCUT2D eigenvalue weighted by molar-refractivity contribution is -0.140. The van der Waals surface area contributed by atoms with E-state index in [1.165, 1.54) is 23.6 Å². The Hall–Kier alpha value is -1.90. The maximum absolute atomic E-state index is 11.3. The van der Waals surface area contributed by atoms with E-state index in [1.54, 1.807) is 0 Å². The molecule has 2 aromatic rings. The van der Waals surface area contributed by atoms with E-state index in [0.717, 1.165) is 11.2 Å². The summed E-state index contributed by atoms with van der Waals surface area (Å²) in [5, 5.41) is 1.18. The van der Waals surface area contributed by atoms with E-state index in [2.05, 4.69) is 52.0 Å². The van der Waals surface area contributed by atoms with Crippen molar-refractivity contribution in [1.29, 1.82) is 0 Å². The van der Waals surface area contributed by atoms with Gasteiger partial charge >= 0.3 is 5.97 Å². The predicted molar refractivity (Wildman–Crippen MR) is 85.5 cm³/mol. The van der Waals surface area contributed by atoms with Gasteiger partial charge in [0.05, 0.1) is 19.0 Å². The first-order valence-corrected chi connectivity index (χ1v) is 7.29. The highest BCUT2D eigenvalue weighted by atomic mass is 16.5. The third-order valence-electron chi connectivity index (χ3n) is 3.72. The Morgan fingerprint density at radius 1 is 1.29 bits per heavy atom. The minimum Gasteiger partial charge on any atom is -0.469 e. The number of esters is 1. The van der Waals surface area contributed by atoms with Crippen LogP contribution >= 0.6 is 0 Å². The molecule has 3 heteroatoms. The van der Waals surface area contributed by atoms with E-state index in [9.17, 15) is 4.79 Å². The summed E-state index contributed by atoms with van der Waals surface area (Å²) >= 11 is 0. The number of aromatic nitrogens is 1. The summed E-state index contributed by atoms with van der Waals surface area (Å²) in [5.74, 6) is -0.196. The molecular formula is C18H23NO2. The van der Waals surface area contributed by atoms with E-state index in [1.807, 2.05) is 0 Å². The summed E-state index contributed by atoms with van der Waals surface area (Å²) in [5.41, 5.74) is 4.47. The largest absolute Gasteiger partial charge is 0.469 e. The summed E-state index contributed by atoms with van der Waals surface area (Å²) in [6, 6.07) is 8.40. The van der Waals surface area contributed by atoms with Crippen LogP contribution in [0.5, 0.6) is 0 Å². The normalized spacial score (nSPS) is 11.7. The summed E-state index contributed by atoms with van der Waals surface area (Å²) < 4.78 is 4.70. The van der Waals surface area contributed by atoms with Gasteiger partial charge in [0.15, 0.2) is 0 Å². The van der Waals surface area contributed by atoms with Crippen LogP contribution in [-0.2, 0) is 21.4 Å². The second-order valence-electron chi connectivity index (χ2n) is 6.46. The van der Waals surface area contributed by atoms with E-state index in [4.69, 9.17) is 9.72 Å². The van der Waals surface area contributed by atoms with Crippen molar-refractivity contribution in [1.82, 2.24) is 4.98 Å². The molecule has 21 heavy (non-hydrogen) atoms. The van der Waals surface area contributed by atoms with Crippen molar-refractivity contribution in [2.45, 2.75) is 46.0 Å². The molecule has 0 unspecified atom stereocenters. The van der Waals surface area contributed by atoms with Crippen molar-refractivity contribution >= 4 is 16.9 Å². The first kappa shape index (κ1) is 15.5. The van der Waals surface area contributed by atoms with Crippen molar-refractivity contribution in [3.8, 4) is 0 Å². The molecule has 0 saturated carbocycles. The van der Waals surface area contributed by atoms with E-state index in [0.29, 0.717) is 12.8 Å². The van der Waals surface area contributed by atoms with Gasteiger partial charge < -0.3 is 4.74 Å². The van der Waals surface area contributed by atoms with Crippen LogP contribution in [-0.4, -0.2) is 18.1 Å². The fourth-order valence-corrected chi connectivity index (χ4v) is 2.55. The standard InChI is InChI=1S/C18H23NO2/c1-12-11-13(9-10-16(20)21-5)19-17-14(12)7-6-8-15(17)18(2,3)4/h6-8,11H,9-10H2,1-5H3. The number of aryl methyl sites for hydroxylation is 2. The van der Waals surface area contributed by atoms with Crippen molar-refractivity contribution in [2.75, 3.05) is 7.11 Å². The number of benzene rings is 1. The van der Waals surface area contributed by atoms with Gasteiger partial charge in [-0.15, -0.1) is 0 Å². The number of carbonyl (C=O) groups excluding carboxylic acids is 1. The summed E-state index contributed by atoms with van der Waals surface area (Å²) in [6.45, 7) is 8.68. The lowest BCUT2D eigenvalue weighted by Gasteiger charge is -2.21. The summed E-state index contributed by atoms with van der Waals surface area (Å²) in [4.78, 5) is 16.1. The number of fused-ring (bicyclic) bond motifs is 1. The Morgan fingerprint density at radius 3 is 2.62 bits per heavy atom. The molecule has 0 aliphatic carbocycles. The van der Waals surface area contributed by atoms with Crippen molar-refractivity contribution in [3.05, 3.63) is 41.1 Å². The van der Waals surface area contributed by atoms with Crippen molar-refractivity contribution in [3.63, 3.8) is 0 Å². The number of hydrogen-bond acceptors (Lipinski definition) is 3. The molecule has 112 valence electrons. The first-order valence-electron chi connectivity index (χ1n) is 7.29. The highest BCUT2D eigenvalue weighted by Gasteiger charge is 2.18. The zero-order chi connectivity index (χ0) is 15.6. The molecule has 0 aliphatic heterocycles. The maximum Gasteiger partial charge on any atom is 0.305 e. The lowest BCUT2D eigenvalue weighted by atomic mass is 9.85. The Labute approximate surface area is 126 Å². The molecule has 0 bridgehead atoms. The van der Waals surface area contributed by atoms with Gasteiger partial charge in [0.25, 0.3) is 0 Å². The van der Waals surface area contributed by atoms with Crippen LogP contribution in [0.15, 0.2) is 24.3 Å². The molecule has 1 aromatic heterocycles. The van der Waals surface area contributed by atoms with Crippen LogP contribution in [0.3, 0.4) is 0 Å². The number of methoxy groups -OCH3 is 1. The molecule has 0 aliphatic rings. The van der Waals surface area contributed by atoms with Crippen LogP contribution in [0.2, 0.25) is 0 Å². The topological polar surface area (TPSA) is 39.2 Å². The van der Waals surface area contributed by atoms with Crippen LogP contribution in [0.1, 0.15) is 44.0 Å². The average Bonchev–Trinajstić information content (AvgIpc) is 2.43. The van der Waals surface area contributed by atoms with Crippen LogP contribution in [0.25, 0.3) is 10.9 Å². The lowest BCUT2D eigenvalue weighted by Crippen LogP contribution is -2.13. The zero-order valence-corrected chi connectivity index (χ0v) is 13.5. The van der Waals surface area contributed by atoms with Crippen LogP contribution < -0.4 is 0 Å². The molecule has 0 saturated heterocycles. The Morgan fingerprint density at radius 2 is 2.00 bits per heavy atom. The number of carbonyl (C=O) groups is 1. The molecule has 1 heterocycles. The second-order valence-corrected chi connectivity index (χ2v) is 6.46. The smallest absolute Gasteiger partial charge is 0.305 e. The van der Waals surface area contributed by atoms with Crippen molar-refractivity contribution in [2.24, 2.45) is 0 Å². The first-order chi connectivity index (χ1) is 9.82. The van der Waals surface area contributed by atoms with E-state index >= 15 is 0 Å². The maximum atomic E-state index is 11.3. The van der Waals surface area contributed by atoms with Crippen LogP contribution in [0, 0.1) is 6.92 Å². The Bertz CT molecular complexity index is 669. The molecule has 3 nitrogen and oxygen atoms in total. The number of ether oxygens (including phenoxy) is 1. The quantitative estimate of drug-likeness (QED) is 0.802. The number of rotatable bonds is 3. The third-order valence-corrected chi connectivity index (χ3v) is 3.72. The summed E-state index contributed by atoms with van der Waals surface area (Å²) in [6.07, 6.45) is 0.980. The monoisotopic (exact) mass is 285 g/mol. The van der Waals surface area contributed by atoms with Crippen LogP contribution in [0.4, 0.5) is 0 Å². The average molecular weight is 285 g/mol. The van der Waals surface area contributed by atoms with E-state index < -0.39 is 0 Å². The van der Waals surface area contributed by atoms with Gasteiger partial charge in [0, 0.05) is 17.5 Å². The number of pyridine rings is 1. The molecule has 1 aromatic carbocycles. The molecule has 0 spiro atoms. The van der Waals surface area contributed by atoms with Gasteiger partial charge in [-0.1, -0.05) is 39.0 Å². The van der Waals surface area contributed by atoms with Crippen molar-refractivity contribution < 1.29 is 9.53 Å². The number of para-hydroxylation sites is 1. The minimum atomic E-state index is -0.196. The zero-order valence-electron chi connectivity index (χ0n) is 13.5. The number of hydrogen-bond donors (Lipinski definition) is 0. The fraction of sp³-hybridized carbons (Fsp3) is 0.444. The number of nitrogens with zero attached hydrogens (tertiary/aromatic N) is 1. The highest BCUT2D eigenvalue weighted by Crippen LogP contribution is 2.30.